The van der Waals surface area contributed by atoms with Crippen molar-refractivity contribution in [2.45, 2.75) is 58.4 Å². The minimum absolute atomic E-state index is 0.0609. The van der Waals surface area contributed by atoms with E-state index in [1.807, 2.05) is 23.6 Å². The maximum absolute atomic E-state index is 12.3. The standard InChI is InChI=1S/C29H48N4O7S/c1-23(2)7-6-11-32-28(35)20-38-17-18-39-29(41-22-30)21-40-26-9-5-8-25(19-26)33-27(34)10-13-36-15-16-37-14-12-31-24(3)4/h6-7,9,19,23-24,29,31H,5,8,10-18,20-21H2,1-4H3,(H,32,35)(H,33,34)/b7-6+. The third-order valence-electron chi connectivity index (χ3n) is 5.29. The van der Waals surface area contributed by atoms with Gasteiger partial charge in [0, 0.05) is 24.8 Å². The lowest BCUT2D eigenvalue weighted by atomic mass is 10.1. The number of carbonyl (C=O) groups excluding carboxylic acids is 2. The fourth-order valence-electron chi connectivity index (χ4n) is 3.33. The first-order chi connectivity index (χ1) is 19.8. The van der Waals surface area contributed by atoms with E-state index in [0.29, 0.717) is 57.1 Å². The van der Waals surface area contributed by atoms with E-state index < -0.39 is 5.44 Å². The molecule has 0 aliphatic heterocycles. The first-order valence-corrected chi connectivity index (χ1v) is 15.1. The molecule has 0 heterocycles. The van der Waals surface area contributed by atoms with Gasteiger partial charge in [-0.1, -0.05) is 39.8 Å². The molecule has 0 saturated carbocycles. The Morgan fingerprint density at radius 3 is 2.54 bits per heavy atom. The lowest BCUT2D eigenvalue weighted by molar-refractivity contribution is -0.126. The van der Waals surface area contributed by atoms with Gasteiger partial charge in [0.1, 0.15) is 24.4 Å². The van der Waals surface area contributed by atoms with Gasteiger partial charge in [-0.15, -0.1) is 0 Å². The Morgan fingerprint density at radius 1 is 1.05 bits per heavy atom. The molecule has 2 amide bonds. The summed E-state index contributed by atoms with van der Waals surface area (Å²) in [6, 6.07) is 0.435. The van der Waals surface area contributed by atoms with Crippen LogP contribution in [0.1, 0.15) is 47.0 Å². The van der Waals surface area contributed by atoms with Crippen molar-refractivity contribution >= 4 is 23.6 Å². The summed E-state index contributed by atoms with van der Waals surface area (Å²) in [6.45, 7) is 12.0. The number of amides is 2. The third-order valence-corrected chi connectivity index (χ3v) is 5.93. The molecular formula is C29H48N4O7S. The van der Waals surface area contributed by atoms with Crippen molar-refractivity contribution in [3.05, 3.63) is 35.8 Å². The number of thioether (sulfide) groups is 1. The van der Waals surface area contributed by atoms with E-state index in [-0.39, 0.29) is 44.7 Å². The van der Waals surface area contributed by atoms with Crippen LogP contribution in [0.25, 0.3) is 0 Å². The highest BCUT2D eigenvalue weighted by Crippen LogP contribution is 2.19. The first-order valence-electron chi connectivity index (χ1n) is 14.2. The molecule has 232 valence electrons. The molecule has 0 aromatic carbocycles. The van der Waals surface area contributed by atoms with Crippen molar-refractivity contribution in [2.24, 2.45) is 5.92 Å². The van der Waals surface area contributed by atoms with Gasteiger partial charge in [-0.2, -0.15) is 5.26 Å². The lowest BCUT2D eigenvalue weighted by Crippen LogP contribution is -2.28. The monoisotopic (exact) mass is 596 g/mol. The number of allylic oxidation sites excluding steroid dienone is 4. The van der Waals surface area contributed by atoms with Crippen LogP contribution in [0.15, 0.2) is 35.8 Å². The van der Waals surface area contributed by atoms with Crippen LogP contribution >= 0.6 is 11.8 Å². The van der Waals surface area contributed by atoms with Crippen LogP contribution in [-0.2, 0) is 33.3 Å². The Bertz CT molecular complexity index is 872. The van der Waals surface area contributed by atoms with Gasteiger partial charge in [0.2, 0.25) is 11.8 Å². The third kappa shape index (κ3) is 21.9. The molecule has 0 radical (unpaired) electrons. The summed E-state index contributed by atoms with van der Waals surface area (Å²) in [7, 11) is 0. The van der Waals surface area contributed by atoms with E-state index in [1.165, 1.54) is 0 Å². The SMILES string of the molecule is CC(C)/C=C/CNC(=O)COCCOC(COC1=CCCC(NC(=O)CCOCCOCCNC(C)C)=C1)SC#N. The molecule has 3 N–H and O–H groups in total. The van der Waals surface area contributed by atoms with Crippen molar-refractivity contribution in [1.82, 2.24) is 16.0 Å². The van der Waals surface area contributed by atoms with Crippen LogP contribution in [0, 0.1) is 16.6 Å². The molecule has 1 aliphatic carbocycles. The van der Waals surface area contributed by atoms with Gasteiger partial charge in [0.25, 0.3) is 0 Å². The first kappa shape index (κ1) is 36.6. The number of rotatable bonds is 24. The van der Waals surface area contributed by atoms with Gasteiger partial charge in [-0.05, 0) is 42.7 Å². The minimum Gasteiger partial charge on any atom is -0.490 e. The molecule has 0 fully saturated rings. The predicted octanol–water partition coefficient (Wildman–Crippen LogP) is 3.00. The molecular weight excluding hydrogens is 548 g/mol. The van der Waals surface area contributed by atoms with Gasteiger partial charge >= 0.3 is 0 Å². The Labute approximate surface area is 249 Å². The zero-order valence-corrected chi connectivity index (χ0v) is 25.8. The highest BCUT2D eigenvalue weighted by molar-refractivity contribution is 8.04. The van der Waals surface area contributed by atoms with Crippen molar-refractivity contribution in [2.75, 3.05) is 65.9 Å². The second-order valence-corrected chi connectivity index (χ2v) is 10.7. The number of hydrogen-bond acceptors (Lipinski definition) is 10. The number of nitrogens with one attached hydrogen (secondary N) is 3. The van der Waals surface area contributed by atoms with Gasteiger partial charge in [0.05, 0.1) is 46.1 Å². The molecule has 0 saturated heterocycles. The second-order valence-electron chi connectivity index (χ2n) is 9.80. The van der Waals surface area contributed by atoms with Crippen molar-refractivity contribution < 1.29 is 33.3 Å². The molecule has 0 bridgehead atoms. The van der Waals surface area contributed by atoms with Crippen LogP contribution < -0.4 is 16.0 Å². The molecule has 41 heavy (non-hydrogen) atoms. The van der Waals surface area contributed by atoms with E-state index >= 15 is 0 Å². The summed E-state index contributed by atoms with van der Waals surface area (Å²) in [5.74, 6) is 0.720. The molecule has 0 aromatic heterocycles. The lowest BCUT2D eigenvalue weighted by Gasteiger charge is -2.19. The fraction of sp³-hybridized carbons (Fsp3) is 0.690. The number of hydrogen-bond donors (Lipinski definition) is 3. The molecule has 12 heteroatoms. The van der Waals surface area contributed by atoms with E-state index in [1.54, 1.807) is 6.08 Å². The van der Waals surface area contributed by atoms with E-state index in [2.05, 4.69) is 43.6 Å². The fourth-order valence-corrected chi connectivity index (χ4v) is 3.74. The topological polar surface area (TPSA) is 140 Å². The summed E-state index contributed by atoms with van der Waals surface area (Å²) in [5, 5.41) is 20.0. The van der Waals surface area contributed by atoms with Crippen LogP contribution in [-0.4, -0.2) is 89.2 Å². The van der Waals surface area contributed by atoms with Crippen LogP contribution in [0.5, 0.6) is 0 Å². The van der Waals surface area contributed by atoms with E-state index in [9.17, 15) is 9.59 Å². The molecule has 0 spiro atoms. The molecule has 11 nitrogen and oxygen atoms in total. The number of carbonyl (C=O) groups is 2. The highest BCUT2D eigenvalue weighted by atomic mass is 32.2. The highest BCUT2D eigenvalue weighted by Gasteiger charge is 2.14. The largest absolute Gasteiger partial charge is 0.490 e. The number of nitriles is 1. The average Bonchev–Trinajstić information content (AvgIpc) is 2.92. The summed E-state index contributed by atoms with van der Waals surface area (Å²) >= 11 is 0.948. The Balaban J connectivity index is 2.21. The van der Waals surface area contributed by atoms with E-state index in [4.69, 9.17) is 28.9 Å². The van der Waals surface area contributed by atoms with Gasteiger partial charge in [-0.3, -0.25) is 9.59 Å². The Kier molecular flexibility index (Phi) is 21.6. The van der Waals surface area contributed by atoms with Crippen LogP contribution in [0.4, 0.5) is 0 Å². The quantitative estimate of drug-likeness (QED) is 0.0659. The maximum Gasteiger partial charge on any atom is 0.246 e. The molecule has 1 unspecified atom stereocenters. The van der Waals surface area contributed by atoms with Crippen LogP contribution in [0.3, 0.4) is 0 Å². The minimum atomic E-state index is -0.527. The summed E-state index contributed by atoms with van der Waals surface area (Å²) in [4.78, 5) is 24.0. The summed E-state index contributed by atoms with van der Waals surface area (Å²) in [5.41, 5.74) is 0.241. The zero-order valence-electron chi connectivity index (χ0n) is 24.9. The zero-order chi connectivity index (χ0) is 30.1. The summed E-state index contributed by atoms with van der Waals surface area (Å²) in [6.07, 6.45) is 9.31. The molecule has 0 aromatic rings. The molecule has 1 aliphatic rings. The average molecular weight is 597 g/mol. The summed E-state index contributed by atoms with van der Waals surface area (Å²) < 4.78 is 27.8. The van der Waals surface area contributed by atoms with Gasteiger partial charge in [0.15, 0.2) is 5.44 Å². The number of ether oxygens (including phenoxy) is 5. The van der Waals surface area contributed by atoms with Gasteiger partial charge < -0.3 is 39.6 Å². The Morgan fingerprint density at radius 2 is 1.80 bits per heavy atom. The van der Waals surface area contributed by atoms with Crippen molar-refractivity contribution in [1.29, 1.82) is 5.26 Å². The number of thiocyanates is 1. The normalized spacial score (nSPS) is 14.1. The Hall–Kier alpha value is -2.40. The van der Waals surface area contributed by atoms with Crippen LogP contribution in [0.2, 0.25) is 0 Å². The molecule has 1 atom stereocenters. The van der Waals surface area contributed by atoms with Crippen molar-refractivity contribution in [3.8, 4) is 5.40 Å². The van der Waals surface area contributed by atoms with Crippen molar-refractivity contribution in [3.63, 3.8) is 0 Å². The number of nitrogens with zero attached hydrogens (tertiary/aromatic N) is 1. The van der Waals surface area contributed by atoms with Gasteiger partial charge in [-0.25, -0.2) is 0 Å². The molecule has 1 rings (SSSR count). The second kappa shape index (κ2) is 24.2. The maximum atomic E-state index is 12.3. The van der Waals surface area contributed by atoms with E-state index in [0.717, 1.165) is 30.4 Å². The predicted molar refractivity (Wildman–Crippen MR) is 160 cm³/mol. The smallest absolute Gasteiger partial charge is 0.246 e.